The molecule has 0 N–H and O–H groups in total. The number of ether oxygens (including phenoxy) is 1. The van der Waals surface area contributed by atoms with Crippen LogP contribution in [0.4, 0.5) is 0 Å². The Hall–Kier alpha value is -1.57. The van der Waals surface area contributed by atoms with Gasteiger partial charge in [-0.2, -0.15) is 0 Å². The highest BCUT2D eigenvalue weighted by molar-refractivity contribution is 5.89. The Morgan fingerprint density at radius 2 is 2.00 bits per heavy atom. The molecule has 2 heteroatoms. The van der Waals surface area contributed by atoms with Gasteiger partial charge < -0.3 is 4.74 Å². The summed E-state index contributed by atoms with van der Waals surface area (Å²) in [5.74, 6) is 0.00328. The maximum absolute atomic E-state index is 11.4. The molecule has 0 radical (unpaired) electrons. The zero-order valence-electron chi connectivity index (χ0n) is 10.5. The Morgan fingerprint density at radius 3 is 2.65 bits per heavy atom. The number of benzene rings is 1. The zero-order chi connectivity index (χ0) is 12.4. The Bertz CT molecular complexity index is 440. The Morgan fingerprint density at radius 1 is 1.35 bits per heavy atom. The van der Waals surface area contributed by atoms with Crippen molar-refractivity contribution >= 4 is 5.97 Å². The van der Waals surface area contributed by atoms with Gasteiger partial charge in [0.15, 0.2) is 0 Å². The molecule has 1 aliphatic rings. The quantitative estimate of drug-likeness (QED) is 0.576. The van der Waals surface area contributed by atoms with Gasteiger partial charge in [0, 0.05) is 5.57 Å². The largest absolute Gasteiger partial charge is 0.462 e. The van der Waals surface area contributed by atoms with Crippen molar-refractivity contribution in [2.45, 2.75) is 26.7 Å². The third-order valence-corrected chi connectivity index (χ3v) is 3.55. The minimum Gasteiger partial charge on any atom is -0.462 e. The molecule has 17 heavy (non-hydrogen) atoms. The van der Waals surface area contributed by atoms with Gasteiger partial charge in [-0.25, -0.2) is 4.79 Å². The summed E-state index contributed by atoms with van der Waals surface area (Å²) < 4.78 is 4.98. The first kappa shape index (κ1) is 11.9. The number of carbonyl (C=O) groups is 1. The number of cyclic esters (lactones) is 1. The van der Waals surface area contributed by atoms with Gasteiger partial charge in [0.05, 0.1) is 6.61 Å². The van der Waals surface area contributed by atoms with Crippen LogP contribution in [-0.4, -0.2) is 12.6 Å². The van der Waals surface area contributed by atoms with Crippen molar-refractivity contribution in [3.8, 4) is 0 Å². The lowest BCUT2D eigenvalue weighted by Crippen LogP contribution is -2.25. The fourth-order valence-corrected chi connectivity index (χ4v) is 2.37. The Balaban J connectivity index is 2.20. The van der Waals surface area contributed by atoms with Crippen LogP contribution in [0, 0.1) is 19.8 Å². The SMILES string of the molecule is C=C1C(=O)OCC[C@@H]1Cc1c(C)cccc1C. The zero-order valence-corrected chi connectivity index (χ0v) is 10.5. The van der Waals surface area contributed by atoms with Crippen molar-refractivity contribution in [1.29, 1.82) is 0 Å². The number of aryl methyl sites for hydroxylation is 2. The van der Waals surface area contributed by atoms with E-state index in [0.717, 1.165) is 12.8 Å². The van der Waals surface area contributed by atoms with E-state index in [9.17, 15) is 4.79 Å². The van der Waals surface area contributed by atoms with Crippen LogP contribution in [-0.2, 0) is 16.0 Å². The van der Waals surface area contributed by atoms with Gasteiger partial charge in [-0.3, -0.25) is 0 Å². The second-order valence-electron chi connectivity index (χ2n) is 4.72. The van der Waals surface area contributed by atoms with Gasteiger partial charge in [-0.1, -0.05) is 24.8 Å². The summed E-state index contributed by atoms with van der Waals surface area (Å²) in [6.45, 7) is 8.61. The fourth-order valence-electron chi connectivity index (χ4n) is 2.37. The predicted molar refractivity (Wildman–Crippen MR) is 67.8 cm³/mol. The molecule has 1 aromatic carbocycles. The highest BCUT2D eigenvalue weighted by Gasteiger charge is 2.26. The van der Waals surface area contributed by atoms with E-state index >= 15 is 0 Å². The van der Waals surface area contributed by atoms with E-state index in [-0.39, 0.29) is 11.9 Å². The van der Waals surface area contributed by atoms with Crippen molar-refractivity contribution in [3.05, 3.63) is 47.0 Å². The summed E-state index contributed by atoms with van der Waals surface area (Å²) in [7, 11) is 0. The van der Waals surface area contributed by atoms with Crippen molar-refractivity contribution < 1.29 is 9.53 Å². The first-order chi connectivity index (χ1) is 8.09. The fraction of sp³-hybridized carbons (Fsp3) is 0.400. The number of rotatable bonds is 2. The molecule has 2 nitrogen and oxygen atoms in total. The van der Waals surface area contributed by atoms with Crippen molar-refractivity contribution in [1.82, 2.24) is 0 Å². The van der Waals surface area contributed by atoms with Crippen LogP contribution >= 0.6 is 0 Å². The smallest absolute Gasteiger partial charge is 0.333 e. The van der Waals surface area contributed by atoms with E-state index in [1.807, 2.05) is 0 Å². The first-order valence-corrected chi connectivity index (χ1v) is 6.00. The van der Waals surface area contributed by atoms with Gasteiger partial charge in [0.25, 0.3) is 0 Å². The van der Waals surface area contributed by atoms with E-state index < -0.39 is 0 Å². The second-order valence-corrected chi connectivity index (χ2v) is 4.72. The molecular weight excluding hydrogens is 212 g/mol. The first-order valence-electron chi connectivity index (χ1n) is 6.00. The monoisotopic (exact) mass is 230 g/mol. The molecule has 0 unspecified atom stereocenters. The van der Waals surface area contributed by atoms with Crippen molar-refractivity contribution in [3.63, 3.8) is 0 Å². The molecule has 0 bridgehead atoms. The predicted octanol–water partition coefficient (Wildman–Crippen LogP) is 2.97. The normalized spacial score (nSPS) is 20.2. The van der Waals surface area contributed by atoms with E-state index in [1.165, 1.54) is 16.7 Å². The molecule has 0 saturated carbocycles. The molecule has 0 aliphatic carbocycles. The van der Waals surface area contributed by atoms with Crippen LogP contribution in [0.5, 0.6) is 0 Å². The molecule has 1 aromatic rings. The summed E-state index contributed by atoms with van der Waals surface area (Å²) in [6, 6.07) is 6.30. The van der Waals surface area contributed by atoms with Gasteiger partial charge in [0.2, 0.25) is 0 Å². The third-order valence-electron chi connectivity index (χ3n) is 3.55. The molecular formula is C15H18O2. The summed E-state index contributed by atoms with van der Waals surface area (Å²) in [5.41, 5.74) is 4.54. The lowest BCUT2D eigenvalue weighted by atomic mass is 9.85. The summed E-state index contributed by atoms with van der Waals surface area (Å²) in [6.07, 6.45) is 1.78. The van der Waals surface area contributed by atoms with Crippen LogP contribution in [0.2, 0.25) is 0 Å². The second kappa shape index (κ2) is 4.74. The molecule has 2 rings (SSSR count). The molecule has 1 atom stereocenters. The third kappa shape index (κ3) is 2.41. The van der Waals surface area contributed by atoms with E-state index in [1.54, 1.807) is 0 Å². The van der Waals surface area contributed by atoms with Gasteiger partial charge in [0.1, 0.15) is 0 Å². The number of esters is 1. The maximum Gasteiger partial charge on any atom is 0.333 e. The highest BCUT2D eigenvalue weighted by atomic mass is 16.5. The Kier molecular flexibility index (Phi) is 3.32. The van der Waals surface area contributed by atoms with Crippen LogP contribution in [0.3, 0.4) is 0 Å². The maximum atomic E-state index is 11.4. The molecule has 1 saturated heterocycles. The molecule has 0 amide bonds. The summed E-state index contributed by atoms with van der Waals surface area (Å²) in [4.78, 5) is 11.4. The minimum absolute atomic E-state index is 0.229. The lowest BCUT2D eigenvalue weighted by molar-refractivity contribution is -0.142. The number of hydrogen-bond acceptors (Lipinski definition) is 2. The lowest BCUT2D eigenvalue weighted by Gasteiger charge is -2.24. The molecule has 1 heterocycles. The van der Waals surface area contributed by atoms with Gasteiger partial charge in [-0.15, -0.1) is 0 Å². The minimum atomic E-state index is -0.229. The standard InChI is InChI=1S/C15H18O2/c1-10-5-4-6-11(2)14(10)9-13-7-8-17-15(16)12(13)3/h4-6,13H,3,7-9H2,1-2H3/t13-/m1/s1. The Labute approximate surface area is 102 Å². The average molecular weight is 230 g/mol. The topological polar surface area (TPSA) is 26.3 Å². The van der Waals surface area contributed by atoms with E-state index in [0.29, 0.717) is 12.2 Å². The van der Waals surface area contributed by atoms with E-state index in [2.05, 4.69) is 38.6 Å². The van der Waals surface area contributed by atoms with Crippen LogP contribution in [0.25, 0.3) is 0 Å². The van der Waals surface area contributed by atoms with Gasteiger partial charge >= 0.3 is 5.97 Å². The summed E-state index contributed by atoms with van der Waals surface area (Å²) >= 11 is 0. The van der Waals surface area contributed by atoms with Crippen molar-refractivity contribution in [2.24, 2.45) is 5.92 Å². The van der Waals surface area contributed by atoms with Crippen molar-refractivity contribution in [2.75, 3.05) is 6.61 Å². The average Bonchev–Trinajstić information content (AvgIpc) is 2.29. The highest BCUT2D eigenvalue weighted by Crippen LogP contribution is 2.27. The van der Waals surface area contributed by atoms with Crippen LogP contribution < -0.4 is 0 Å². The number of hydrogen-bond donors (Lipinski definition) is 0. The van der Waals surface area contributed by atoms with Crippen LogP contribution in [0.15, 0.2) is 30.4 Å². The molecule has 1 fully saturated rings. The molecule has 0 aromatic heterocycles. The number of carbonyl (C=O) groups excluding carboxylic acids is 1. The van der Waals surface area contributed by atoms with E-state index in [4.69, 9.17) is 4.74 Å². The van der Waals surface area contributed by atoms with Crippen LogP contribution in [0.1, 0.15) is 23.1 Å². The molecule has 90 valence electrons. The van der Waals surface area contributed by atoms with Gasteiger partial charge in [-0.05, 0) is 49.3 Å². The molecule has 1 aliphatic heterocycles. The summed E-state index contributed by atoms with van der Waals surface area (Å²) in [5, 5.41) is 0. The molecule has 0 spiro atoms.